The number of nitrogens with one attached hydrogen (secondary N) is 1. The molecule has 2 heterocycles. The molecule has 0 saturated carbocycles. The molecule has 0 bridgehead atoms. The Morgan fingerprint density at radius 1 is 1.13 bits per heavy atom. The Morgan fingerprint density at radius 3 is 2.73 bits per heavy atom. The minimum absolute atomic E-state index is 0.0392. The number of imidazole rings is 1. The number of ether oxygens (including phenoxy) is 1. The van der Waals surface area contributed by atoms with E-state index in [0.29, 0.717) is 12.1 Å². The van der Waals surface area contributed by atoms with Crippen LogP contribution in [0.25, 0.3) is 11.3 Å². The number of alkyl halides is 3. The molecule has 0 unspecified atom stereocenters. The van der Waals surface area contributed by atoms with E-state index < -0.39 is 6.36 Å². The molecule has 156 valence electrons. The minimum Gasteiger partial charge on any atom is -0.406 e. The lowest BCUT2D eigenvalue weighted by atomic mass is 10.1. The molecule has 1 N–H and O–H groups in total. The van der Waals surface area contributed by atoms with E-state index in [1.54, 1.807) is 6.07 Å². The Hall–Kier alpha value is -3.29. The lowest BCUT2D eigenvalue weighted by Gasteiger charge is -2.10. The maximum Gasteiger partial charge on any atom is 0.573 e. The smallest absolute Gasteiger partial charge is 0.406 e. The highest BCUT2D eigenvalue weighted by molar-refractivity contribution is 5.78. The Kier molecular flexibility index (Phi) is 5.48. The van der Waals surface area contributed by atoms with E-state index in [0.717, 1.165) is 42.0 Å². The van der Waals surface area contributed by atoms with Crippen molar-refractivity contribution in [2.45, 2.75) is 38.7 Å². The Labute approximate surface area is 171 Å². The zero-order valence-corrected chi connectivity index (χ0v) is 16.1. The third-order valence-electron chi connectivity index (χ3n) is 4.87. The van der Waals surface area contributed by atoms with Crippen LogP contribution >= 0.6 is 0 Å². The molecule has 1 aromatic heterocycles. The van der Waals surface area contributed by atoms with Gasteiger partial charge in [0, 0.05) is 31.3 Å². The van der Waals surface area contributed by atoms with Gasteiger partial charge < -0.3 is 14.6 Å². The zero-order valence-electron chi connectivity index (χ0n) is 16.1. The molecule has 5 nitrogen and oxygen atoms in total. The Balaban J connectivity index is 1.36. The van der Waals surface area contributed by atoms with Crippen LogP contribution in [0.2, 0.25) is 0 Å². The highest BCUT2D eigenvalue weighted by Gasteiger charge is 2.31. The quantitative estimate of drug-likeness (QED) is 0.655. The van der Waals surface area contributed by atoms with Gasteiger partial charge in [-0.1, -0.05) is 30.3 Å². The van der Waals surface area contributed by atoms with E-state index in [1.807, 2.05) is 24.3 Å². The number of nitrogens with zero attached hydrogens (tertiary/aromatic N) is 2. The standard InChI is InChI=1S/C22H20F3N3O2/c23-22(24,25)30-18-7-2-4-15(11-18)12-21(29)26-13-16-5-1-6-17(10-16)19-14-28-9-3-8-20(28)27-19/h1-2,4-7,10-11,14H,3,8-9,12-13H2,(H,26,29). The number of hydrogen-bond acceptors (Lipinski definition) is 3. The highest BCUT2D eigenvalue weighted by atomic mass is 19.4. The number of fused-ring (bicyclic) bond motifs is 1. The fraction of sp³-hybridized carbons (Fsp3) is 0.273. The van der Waals surface area contributed by atoms with Crippen molar-refractivity contribution in [3.63, 3.8) is 0 Å². The van der Waals surface area contributed by atoms with Crippen LogP contribution in [0.15, 0.2) is 54.7 Å². The van der Waals surface area contributed by atoms with Crippen molar-refractivity contribution < 1.29 is 22.7 Å². The molecular formula is C22H20F3N3O2. The molecular weight excluding hydrogens is 395 g/mol. The number of halogens is 3. The summed E-state index contributed by atoms with van der Waals surface area (Å²) in [6.07, 6.45) is -0.634. The summed E-state index contributed by atoms with van der Waals surface area (Å²) in [5.74, 6) is 0.471. The first-order chi connectivity index (χ1) is 14.4. The number of carbonyl (C=O) groups is 1. The van der Waals surface area contributed by atoms with Gasteiger partial charge in [-0.05, 0) is 35.7 Å². The first kappa shape index (κ1) is 20.0. The summed E-state index contributed by atoms with van der Waals surface area (Å²) < 4.78 is 43.1. The van der Waals surface area contributed by atoms with Gasteiger partial charge >= 0.3 is 6.36 Å². The molecule has 0 radical (unpaired) electrons. The van der Waals surface area contributed by atoms with E-state index in [1.165, 1.54) is 18.2 Å². The number of hydrogen-bond donors (Lipinski definition) is 1. The number of carbonyl (C=O) groups excluding carboxylic acids is 1. The van der Waals surface area contributed by atoms with Crippen LogP contribution in [0.5, 0.6) is 5.75 Å². The van der Waals surface area contributed by atoms with E-state index >= 15 is 0 Å². The summed E-state index contributed by atoms with van der Waals surface area (Å²) in [5.41, 5.74) is 3.26. The summed E-state index contributed by atoms with van der Waals surface area (Å²) in [6, 6.07) is 13.2. The van der Waals surface area contributed by atoms with Crippen molar-refractivity contribution in [3.8, 4) is 17.0 Å². The number of benzene rings is 2. The van der Waals surface area contributed by atoms with Gasteiger partial charge in [-0.15, -0.1) is 13.2 Å². The van der Waals surface area contributed by atoms with E-state index in [-0.39, 0.29) is 18.1 Å². The predicted octanol–water partition coefficient (Wildman–Crippen LogP) is 4.25. The van der Waals surface area contributed by atoms with Crippen molar-refractivity contribution in [1.29, 1.82) is 0 Å². The lowest BCUT2D eigenvalue weighted by Crippen LogP contribution is -2.24. The topological polar surface area (TPSA) is 56.1 Å². The lowest BCUT2D eigenvalue weighted by molar-refractivity contribution is -0.274. The van der Waals surface area contributed by atoms with Crippen LogP contribution < -0.4 is 10.1 Å². The maximum absolute atomic E-state index is 12.3. The number of aryl methyl sites for hydroxylation is 2. The molecule has 8 heteroatoms. The molecule has 30 heavy (non-hydrogen) atoms. The van der Waals surface area contributed by atoms with Crippen molar-refractivity contribution in [1.82, 2.24) is 14.9 Å². The normalized spacial score (nSPS) is 13.2. The monoisotopic (exact) mass is 415 g/mol. The minimum atomic E-state index is -4.76. The van der Waals surface area contributed by atoms with E-state index in [2.05, 4.69) is 25.8 Å². The third-order valence-corrected chi connectivity index (χ3v) is 4.87. The second-order valence-corrected chi connectivity index (χ2v) is 7.19. The first-order valence-corrected chi connectivity index (χ1v) is 9.62. The fourth-order valence-corrected chi connectivity index (χ4v) is 3.54. The van der Waals surface area contributed by atoms with Crippen LogP contribution in [0.4, 0.5) is 13.2 Å². The van der Waals surface area contributed by atoms with Crippen molar-refractivity contribution >= 4 is 5.91 Å². The molecule has 1 aliphatic rings. The number of amides is 1. The molecule has 2 aromatic carbocycles. The van der Waals surface area contributed by atoms with Crippen molar-refractivity contribution in [2.75, 3.05) is 0 Å². The second-order valence-electron chi connectivity index (χ2n) is 7.19. The average molecular weight is 415 g/mol. The summed E-state index contributed by atoms with van der Waals surface area (Å²) in [4.78, 5) is 16.9. The van der Waals surface area contributed by atoms with Gasteiger partial charge in [0.15, 0.2) is 0 Å². The van der Waals surface area contributed by atoms with Crippen LogP contribution in [0, 0.1) is 0 Å². The summed E-state index contributed by atoms with van der Waals surface area (Å²) in [5, 5.41) is 2.81. The van der Waals surface area contributed by atoms with Crippen molar-refractivity contribution in [3.05, 3.63) is 71.7 Å². The molecule has 0 fully saturated rings. The molecule has 0 saturated heterocycles. The molecule has 1 aliphatic heterocycles. The maximum atomic E-state index is 12.3. The van der Waals surface area contributed by atoms with E-state index in [4.69, 9.17) is 0 Å². The third kappa shape index (κ3) is 5.00. The zero-order chi connectivity index (χ0) is 21.1. The Morgan fingerprint density at radius 2 is 1.93 bits per heavy atom. The van der Waals surface area contributed by atoms with Gasteiger partial charge in [0.2, 0.25) is 5.91 Å². The molecule has 0 aliphatic carbocycles. The van der Waals surface area contributed by atoms with Gasteiger partial charge in [0.1, 0.15) is 11.6 Å². The summed E-state index contributed by atoms with van der Waals surface area (Å²) in [6.45, 7) is 1.31. The largest absolute Gasteiger partial charge is 0.573 e. The molecule has 0 atom stereocenters. The van der Waals surface area contributed by atoms with Gasteiger partial charge in [0.25, 0.3) is 0 Å². The van der Waals surface area contributed by atoms with Crippen LogP contribution in [0.1, 0.15) is 23.4 Å². The summed E-state index contributed by atoms with van der Waals surface area (Å²) in [7, 11) is 0. The fourth-order valence-electron chi connectivity index (χ4n) is 3.54. The van der Waals surface area contributed by atoms with Crippen molar-refractivity contribution in [2.24, 2.45) is 0 Å². The molecule has 1 amide bonds. The predicted molar refractivity (Wildman–Crippen MR) is 105 cm³/mol. The van der Waals surface area contributed by atoms with Crippen LogP contribution in [-0.4, -0.2) is 21.8 Å². The van der Waals surface area contributed by atoms with Gasteiger partial charge in [0.05, 0.1) is 12.1 Å². The second kappa shape index (κ2) is 8.22. The van der Waals surface area contributed by atoms with E-state index in [9.17, 15) is 18.0 Å². The molecule has 0 spiro atoms. The summed E-state index contributed by atoms with van der Waals surface area (Å²) >= 11 is 0. The van der Waals surface area contributed by atoms with Gasteiger partial charge in [-0.3, -0.25) is 4.79 Å². The first-order valence-electron chi connectivity index (χ1n) is 9.62. The SMILES string of the molecule is O=C(Cc1cccc(OC(F)(F)F)c1)NCc1cccc(-c2cn3c(n2)CCC3)c1. The van der Waals surface area contributed by atoms with Gasteiger partial charge in [-0.25, -0.2) is 4.98 Å². The molecule has 3 aromatic rings. The van der Waals surface area contributed by atoms with Crippen LogP contribution in [0.3, 0.4) is 0 Å². The molecule has 4 rings (SSSR count). The number of rotatable bonds is 6. The number of aromatic nitrogens is 2. The van der Waals surface area contributed by atoms with Crippen LogP contribution in [-0.2, 0) is 30.7 Å². The average Bonchev–Trinajstić information content (AvgIpc) is 3.28. The Bertz CT molecular complexity index is 1040. The highest BCUT2D eigenvalue weighted by Crippen LogP contribution is 2.24. The van der Waals surface area contributed by atoms with Gasteiger partial charge in [-0.2, -0.15) is 0 Å².